The molecule has 0 saturated heterocycles. The van der Waals surface area contributed by atoms with Gasteiger partial charge in [-0.05, 0) is 18.2 Å². The van der Waals surface area contributed by atoms with Gasteiger partial charge in [0.25, 0.3) is 0 Å². The lowest BCUT2D eigenvalue weighted by molar-refractivity contribution is 1.08. The lowest BCUT2D eigenvalue weighted by atomic mass is 10.2. The molecule has 0 aliphatic rings. The minimum Gasteiger partial charge on any atom is -0.397 e. The summed E-state index contributed by atoms with van der Waals surface area (Å²) in [6, 6.07) is 5.74. The number of nitrogens with zero attached hydrogens (tertiary/aromatic N) is 4. The highest BCUT2D eigenvalue weighted by Crippen LogP contribution is 2.24. The third-order valence-electron chi connectivity index (χ3n) is 2.90. The molecular formula is C13H14N6. The summed E-state index contributed by atoms with van der Waals surface area (Å²) in [4.78, 5) is 18.1. The van der Waals surface area contributed by atoms with Gasteiger partial charge >= 0.3 is 0 Å². The first-order chi connectivity index (χ1) is 9.15. The average molecular weight is 254 g/mol. The molecule has 0 aromatic carbocycles. The summed E-state index contributed by atoms with van der Waals surface area (Å²) in [5.41, 5.74) is 8.89. The van der Waals surface area contributed by atoms with Crippen LogP contribution in [0.15, 0.2) is 30.6 Å². The van der Waals surface area contributed by atoms with E-state index in [1.54, 1.807) is 12.4 Å². The first-order valence-corrected chi connectivity index (χ1v) is 5.89. The smallest absolute Gasteiger partial charge is 0.180 e. The average Bonchev–Trinajstić information content (AvgIpc) is 2.81. The normalized spacial score (nSPS) is 10.8. The van der Waals surface area contributed by atoms with Crippen LogP contribution in [0.4, 0.5) is 11.5 Å². The van der Waals surface area contributed by atoms with Crippen LogP contribution in [0.2, 0.25) is 0 Å². The van der Waals surface area contributed by atoms with Crippen molar-refractivity contribution < 1.29 is 0 Å². The Morgan fingerprint density at radius 2 is 2.00 bits per heavy atom. The van der Waals surface area contributed by atoms with E-state index < -0.39 is 0 Å². The van der Waals surface area contributed by atoms with Gasteiger partial charge in [-0.2, -0.15) is 0 Å². The van der Waals surface area contributed by atoms with E-state index in [-0.39, 0.29) is 0 Å². The van der Waals surface area contributed by atoms with Gasteiger partial charge in [0, 0.05) is 25.9 Å². The summed E-state index contributed by atoms with van der Waals surface area (Å²) >= 11 is 0. The van der Waals surface area contributed by atoms with Crippen molar-refractivity contribution >= 4 is 22.7 Å². The third kappa shape index (κ3) is 1.97. The molecule has 0 radical (unpaired) electrons. The number of hydrogen-bond donors (Lipinski definition) is 2. The monoisotopic (exact) mass is 254 g/mol. The van der Waals surface area contributed by atoms with Crippen LogP contribution in [0.1, 0.15) is 0 Å². The Morgan fingerprint density at radius 1 is 1.16 bits per heavy atom. The number of nitrogen functional groups attached to an aromatic ring is 1. The topological polar surface area (TPSA) is 83.7 Å². The van der Waals surface area contributed by atoms with Crippen LogP contribution in [0.25, 0.3) is 22.6 Å². The van der Waals surface area contributed by atoms with E-state index in [4.69, 9.17) is 5.73 Å². The van der Waals surface area contributed by atoms with E-state index in [0.29, 0.717) is 17.2 Å². The van der Waals surface area contributed by atoms with Crippen molar-refractivity contribution in [3.05, 3.63) is 30.6 Å². The lowest BCUT2D eigenvalue weighted by Gasteiger charge is -2.09. The number of aromatic amines is 1. The van der Waals surface area contributed by atoms with Crippen LogP contribution in [0, 0.1) is 0 Å². The Kier molecular flexibility index (Phi) is 2.56. The summed E-state index contributed by atoms with van der Waals surface area (Å²) in [5, 5.41) is 0. The maximum atomic E-state index is 5.90. The SMILES string of the molecule is CN(C)c1ccc2[nH]c(-c3ccncc3N)nc2n1. The number of pyridine rings is 2. The summed E-state index contributed by atoms with van der Waals surface area (Å²) < 4.78 is 0. The molecule has 6 nitrogen and oxygen atoms in total. The van der Waals surface area contributed by atoms with E-state index >= 15 is 0 Å². The highest BCUT2D eigenvalue weighted by molar-refractivity contribution is 5.80. The van der Waals surface area contributed by atoms with Crippen LogP contribution in [-0.4, -0.2) is 34.0 Å². The number of anilines is 2. The summed E-state index contributed by atoms with van der Waals surface area (Å²) in [7, 11) is 3.89. The van der Waals surface area contributed by atoms with Gasteiger partial charge in [0.1, 0.15) is 11.6 Å². The molecule has 0 atom stereocenters. The Hall–Kier alpha value is -2.63. The van der Waals surface area contributed by atoms with Crippen LogP contribution in [0.5, 0.6) is 0 Å². The third-order valence-corrected chi connectivity index (χ3v) is 2.90. The van der Waals surface area contributed by atoms with Crippen molar-refractivity contribution in [3.8, 4) is 11.4 Å². The van der Waals surface area contributed by atoms with Crippen LogP contribution in [-0.2, 0) is 0 Å². The molecule has 0 bridgehead atoms. The quantitative estimate of drug-likeness (QED) is 0.726. The molecule has 3 rings (SSSR count). The van der Waals surface area contributed by atoms with Gasteiger partial charge in [-0.25, -0.2) is 9.97 Å². The minimum absolute atomic E-state index is 0.592. The van der Waals surface area contributed by atoms with Gasteiger partial charge in [-0.15, -0.1) is 0 Å². The van der Waals surface area contributed by atoms with E-state index in [1.165, 1.54) is 0 Å². The molecule has 0 aliphatic heterocycles. The van der Waals surface area contributed by atoms with E-state index in [1.807, 2.05) is 37.2 Å². The largest absolute Gasteiger partial charge is 0.397 e. The second kappa shape index (κ2) is 4.24. The Labute approximate surface area is 110 Å². The van der Waals surface area contributed by atoms with E-state index in [2.05, 4.69) is 19.9 Å². The van der Waals surface area contributed by atoms with Gasteiger partial charge < -0.3 is 15.6 Å². The standard InChI is InChI=1S/C13H14N6/c1-19(2)11-4-3-10-13(17-11)18-12(16-10)8-5-6-15-7-9(8)14/h3-7H,14H2,1-2H3,(H,16,17,18). The van der Waals surface area contributed by atoms with Crippen LogP contribution < -0.4 is 10.6 Å². The van der Waals surface area contributed by atoms with Gasteiger partial charge in [-0.1, -0.05) is 0 Å². The number of hydrogen-bond acceptors (Lipinski definition) is 5. The molecule has 3 aromatic heterocycles. The number of H-pyrrole nitrogens is 1. The zero-order chi connectivity index (χ0) is 13.4. The molecule has 0 spiro atoms. The molecule has 3 N–H and O–H groups in total. The number of rotatable bonds is 2. The van der Waals surface area contributed by atoms with Crippen LogP contribution in [0.3, 0.4) is 0 Å². The number of imidazole rings is 1. The number of aromatic nitrogens is 4. The second-order valence-corrected chi connectivity index (χ2v) is 4.48. The van der Waals surface area contributed by atoms with Crippen molar-refractivity contribution in [2.24, 2.45) is 0 Å². The summed E-state index contributed by atoms with van der Waals surface area (Å²) in [5.74, 6) is 1.58. The van der Waals surface area contributed by atoms with Gasteiger partial charge in [0.15, 0.2) is 5.65 Å². The molecule has 0 unspecified atom stereocenters. The minimum atomic E-state index is 0.592. The fourth-order valence-electron chi connectivity index (χ4n) is 1.88. The first kappa shape index (κ1) is 11.5. The zero-order valence-corrected chi connectivity index (χ0v) is 10.8. The molecule has 6 heteroatoms. The van der Waals surface area contributed by atoms with E-state index in [9.17, 15) is 0 Å². The van der Waals surface area contributed by atoms with Crippen molar-refractivity contribution in [2.45, 2.75) is 0 Å². The van der Waals surface area contributed by atoms with Gasteiger partial charge in [-0.3, -0.25) is 4.98 Å². The van der Waals surface area contributed by atoms with E-state index in [0.717, 1.165) is 16.9 Å². The molecule has 3 aromatic rings. The maximum absolute atomic E-state index is 5.90. The molecule has 96 valence electrons. The fourth-order valence-corrected chi connectivity index (χ4v) is 1.88. The predicted octanol–water partition coefficient (Wildman–Crippen LogP) is 1.67. The van der Waals surface area contributed by atoms with Gasteiger partial charge in [0.05, 0.1) is 17.4 Å². The first-order valence-electron chi connectivity index (χ1n) is 5.89. The van der Waals surface area contributed by atoms with Gasteiger partial charge in [0.2, 0.25) is 0 Å². The molecule has 0 amide bonds. The highest BCUT2D eigenvalue weighted by Gasteiger charge is 2.10. The van der Waals surface area contributed by atoms with Crippen molar-refractivity contribution in [3.63, 3.8) is 0 Å². The molecule has 19 heavy (non-hydrogen) atoms. The molecule has 0 aliphatic carbocycles. The number of fused-ring (bicyclic) bond motifs is 1. The number of nitrogens with one attached hydrogen (secondary N) is 1. The Morgan fingerprint density at radius 3 is 2.74 bits per heavy atom. The molecular weight excluding hydrogens is 240 g/mol. The van der Waals surface area contributed by atoms with Crippen molar-refractivity contribution in [2.75, 3.05) is 24.7 Å². The predicted molar refractivity (Wildman–Crippen MR) is 75.9 cm³/mol. The van der Waals surface area contributed by atoms with Crippen molar-refractivity contribution in [1.29, 1.82) is 0 Å². The Bertz CT molecular complexity index is 731. The second-order valence-electron chi connectivity index (χ2n) is 4.48. The Balaban J connectivity index is 2.14. The zero-order valence-electron chi connectivity index (χ0n) is 10.8. The summed E-state index contributed by atoms with van der Waals surface area (Å²) in [6.45, 7) is 0. The van der Waals surface area contributed by atoms with Crippen LogP contribution >= 0.6 is 0 Å². The fraction of sp³-hybridized carbons (Fsp3) is 0.154. The lowest BCUT2D eigenvalue weighted by Crippen LogP contribution is -2.10. The molecule has 3 heterocycles. The highest BCUT2D eigenvalue weighted by atomic mass is 15.1. The van der Waals surface area contributed by atoms with Crippen molar-refractivity contribution in [1.82, 2.24) is 19.9 Å². The number of nitrogens with two attached hydrogens (primary N) is 1. The molecule has 0 fully saturated rings. The molecule has 0 saturated carbocycles. The summed E-state index contributed by atoms with van der Waals surface area (Å²) in [6.07, 6.45) is 3.30. The maximum Gasteiger partial charge on any atom is 0.180 e.